The highest BCUT2D eigenvalue weighted by Gasteiger charge is 2.29. The summed E-state index contributed by atoms with van der Waals surface area (Å²) in [6.45, 7) is 9.75. The van der Waals surface area contributed by atoms with E-state index in [1.165, 1.54) is 64.7 Å². The summed E-state index contributed by atoms with van der Waals surface area (Å²) in [5, 5.41) is 3.73. The molecule has 2 nitrogen and oxygen atoms in total. The van der Waals surface area contributed by atoms with Crippen molar-refractivity contribution in [1.82, 2.24) is 10.2 Å². The monoisotopic (exact) mass is 224 g/mol. The van der Waals surface area contributed by atoms with Gasteiger partial charge in [-0.15, -0.1) is 0 Å². The van der Waals surface area contributed by atoms with Gasteiger partial charge in [-0.3, -0.25) is 0 Å². The van der Waals surface area contributed by atoms with Gasteiger partial charge in [0.1, 0.15) is 0 Å². The molecule has 1 atom stereocenters. The lowest BCUT2D eigenvalue weighted by Gasteiger charge is -2.41. The normalized spacial score (nSPS) is 31.7. The van der Waals surface area contributed by atoms with Crippen molar-refractivity contribution in [3.05, 3.63) is 0 Å². The minimum absolute atomic E-state index is 0.387. The van der Waals surface area contributed by atoms with E-state index in [2.05, 4.69) is 24.1 Å². The summed E-state index contributed by atoms with van der Waals surface area (Å²) in [6.07, 6.45) is 8.54. The Kier molecular flexibility index (Phi) is 4.26. The van der Waals surface area contributed by atoms with Crippen LogP contribution in [-0.4, -0.2) is 36.6 Å². The number of rotatable bonds is 5. The molecule has 0 aromatic heterocycles. The molecule has 0 spiro atoms. The van der Waals surface area contributed by atoms with E-state index in [9.17, 15) is 0 Å². The Morgan fingerprint density at radius 1 is 1.25 bits per heavy atom. The predicted molar refractivity (Wildman–Crippen MR) is 69.7 cm³/mol. The standard InChI is InChI=1S/C14H28N2/c1-3-16(11-13-7-6-8-13)12-14(2)9-4-5-10-15-14/h13,15H,3-12H2,1-2H3. The highest BCUT2D eigenvalue weighted by molar-refractivity contribution is 4.90. The quantitative estimate of drug-likeness (QED) is 0.772. The van der Waals surface area contributed by atoms with Crippen LogP contribution >= 0.6 is 0 Å². The molecular weight excluding hydrogens is 196 g/mol. The molecule has 1 saturated carbocycles. The highest BCUT2D eigenvalue weighted by Crippen LogP contribution is 2.28. The summed E-state index contributed by atoms with van der Waals surface area (Å²) in [5.74, 6) is 1.01. The average molecular weight is 224 g/mol. The van der Waals surface area contributed by atoms with Crippen LogP contribution in [0.2, 0.25) is 0 Å². The Bertz CT molecular complexity index is 205. The van der Waals surface area contributed by atoms with Crippen molar-refractivity contribution in [2.45, 2.75) is 57.9 Å². The first-order valence-corrected chi connectivity index (χ1v) is 7.19. The summed E-state index contributed by atoms with van der Waals surface area (Å²) >= 11 is 0. The van der Waals surface area contributed by atoms with E-state index in [0.717, 1.165) is 5.92 Å². The minimum atomic E-state index is 0.387. The molecule has 94 valence electrons. The van der Waals surface area contributed by atoms with Gasteiger partial charge in [0, 0.05) is 18.6 Å². The van der Waals surface area contributed by atoms with Gasteiger partial charge in [0.05, 0.1) is 0 Å². The van der Waals surface area contributed by atoms with Gasteiger partial charge in [0.15, 0.2) is 0 Å². The molecule has 0 radical (unpaired) electrons. The van der Waals surface area contributed by atoms with E-state index in [4.69, 9.17) is 0 Å². The van der Waals surface area contributed by atoms with Crippen LogP contribution < -0.4 is 5.32 Å². The van der Waals surface area contributed by atoms with E-state index in [1.807, 2.05) is 0 Å². The van der Waals surface area contributed by atoms with Crippen LogP contribution in [-0.2, 0) is 0 Å². The van der Waals surface area contributed by atoms with Crippen molar-refractivity contribution in [1.29, 1.82) is 0 Å². The van der Waals surface area contributed by atoms with Gasteiger partial charge in [-0.25, -0.2) is 0 Å². The first-order chi connectivity index (χ1) is 7.72. The Morgan fingerprint density at radius 3 is 2.56 bits per heavy atom. The van der Waals surface area contributed by atoms with Crippen molar-refractivity contribution in [3.63, 3.8) is 0 Å². The third-order valence-electron chi connectivity index (χ3n) is 4.47. The smallest absolute Gasteiger partial charge is 0.0280 e. The predicted octanol–water partition coefficient (Wildman–Crippen LogP) is 2.64. The summed E-state index contributed by atoms with van der Waals surface area (Å²) in [7, 11) is 0. The number of nitrogens with zero attached hydrogens (tertiary/aromatic N) is 1. The van der Waals surface area contributed by atoms with E-state index in [-0.39, 0.29) is 0 Å². The summed E-state index contributed by atoms with van der Waals surface area (Å²) < 4.78 is 0. The number of nitrogens with one attached hydrogen (secondary N) is 1. The average Bonchev–Trinajstić information content (AvgIpc) is 2.22. The largest absolute Gasteiger partial charge is 0.310 e. The number of piperidine rings is 1. The van der Waals surface area contributed by atoms with Crippen molar-refractivity contribution >= 4 is 0 Å². The van der Waals surface area contributed by atoms with E-state index >= 15 is 0 Å². The SMILES string of the molecule is CCN(CC1CCC1)CC1(C)CCCCN1. The molecule has 1 unspecified atom stereocenters. The van der Waals surface area contributed by atoms with Gasteiger partial charge < -0.3 is 10.2 Å². The topological polar surface area (TPSA) is 15.3 Å². The Labute approximate surface area is 101 Å². The lowest BCUT2D eigenvalue weighted by atomic mass is 9.84. The van der Waals surface area contributed by atoms with Crippen LogP contribution in [0.5, 0.6) is 0 Å². The molecule has 1 aliphatic heterocycles. The molecule has 2 aliphatic rings. The maximum atomic E-state index is 3.73. The van der Waals surface area contributed by atoms with E-state index < -0.39 is 0 Å². The lowest BCUT2D eigenvalue weighted by Crippen LogP contribution is -2.54. The molecule has 2 rings (SSSR count). The van der Waals surface area contributed by atoms with Crippen molar-refractivity contribution < 1.29 is 0 Å². The Morgan fingerprint density at radius 2 is 2.06 bits per heavy atom. The fourth-order valence-electron chi connectivity index (χ4n) is 3.09. The first kappa shape index (κ1) is 12.4. The van der Waals surface area contributed by atoms with Crippen LogP contribution in [0.3, 0.4) is 0 Å². The zero-order valence-electron chi connectivity index (χ0n) is 11.1. The maximum absolute atomic E-state index is 3.73. The van der Waals surface area contributed by atoms with Crippen molar-refractivity contribution in [2.75, 3.05) is 26.2 Å². The van der Waals surface area contributed by atoms with E-state index in [1.54, 1.807) is 0 Å². The summed E-state index contributed by atoms with van der Waals surface area (Å²) in [4.78, 5) is 2.67. The summed E-state index contributed by atoms with van der Waals surface area (Å²) in [6, 6.07) is 0. The summed E-state index contributed by atoms with van der Waals surface area (Å²) in [5.41, 5.74) is 0.387. The van der Waals surface area contributed by atoms with Crippen LogP contribution in [0.25, 0.3) is 0 Å². The zero-order valence-corrected chi connectivity index (χ0v) is 11.1. The molecule has 2 heteroatoms. The van der Waals surface area contributed by atoms with Gasteiger partial charge in [0.2, 0.25) is 0 Å². The van der Waals surface area contributed by atoms with Gasteiger partial charge >= 0.3 is 0 Å². The molecule has 2 fully saturated rings. The molecule has 0 bridgehead atoms. The molecule has 0 amide bonds. The van der Waals surface area contributed by atoms with Gasteiger partial charge in [-0.2, -0.15) is 0 Å². The lowest BCUT2D eigenvalue weighted by molar-refractivity contribution is 0.128. The van der Waals surface area contributed by atoms with Crippen molar-refractivity contribution in [3.8, 4) is 0 Å². The molecular formula is C14H28N2. The van der Waals surface area contributed by atoms with E-state index in [0.29, 0.717) is 5.54 Å². The second kappa shape index (κ2) is 5.50. The molecule has 16 heavy (non-hydrogen) atoms. The second-order valence-corrected chi connectivity index (χ2v) is 6.07. The third-order valence-corrected chi connectivity index (χ3v) is 4.47. The molecule has 1 saturated heterocycles. The highest BCUT2D eigenvalue weighted by atomic mass is 15.2. The second-order valence-electron chi connectivity index (χ2n) is 6.07. The Hall–Kier alpha value is -0.0800. The van der Waals surface area contributed by atoms with Crippen LogP contribution in [0, 0.1) is 5.92 Å². The molecule has 0 aromatic carbocycles. The molecule has 1 N–H and O–H groups in total. The Balaban J connectivity index is 1.79. The van der Waals surface area contributed by atoms with Crippen molar-refractivity contribution in [2.24, 2.45) is 5.92 Å². The number of likely N-dealkylation sites (N-methyl/N-ethyl adjacent to an activating group) is 1. The minimum Gasteiger partial charge on any atom is -0.310 e. The van der Waals surface area contributed by atoms with Gasteiger partial charge in [-0.1, -0.05) is 19.8 Å². The number of hydrogen-bond acceptors (Lipinski definition) is 2. The fourth-order valence-corrected chi connectivity index (χ4v) is 3.09. The first-order valence-electron chi connectivity index (χ1n) is 7.19. The maximum Gasteiger partial charge on any atom is 0.0280 e. The van der Waals surface area contributed by atoms with Crippen LogP contribution in [0.4, 0.5) is 0 Å². The van der Waals surface area contributed by atoms with Crippen LogP contribution in [0.1, 0.15) is 52.4 Å². The fraction of sp³-hybridized carbons (Fsp3) is 1.00. The van der Waals surface area contributed by atoms with Gasteiger partial charge in [0.25, 0.3) is 0 Å². The zero-order chi connectivity index (χ0) is 11.4. The third kappa shape index (κ3) is 3.21. The molecule has 1 aliphatic carbocycles. The number of hydrogen-bond donors (Lipinski definition) is 1. The molecule has 1 heterocycles. The van der Waals surface area contributed by atoms with Crippen LogP contribution in [0.15, 0.2) is 0 Å². The molecule has 0 aromatic rings. The van der Waals surface area contributed by atoms with Gasteiger partial charge in [-0.05, 0) is 51.6 Å².